The summed E-state index contributed by atoms with van der Waals surface area (Å²) in [6, 6.07) is 8.36. The van der Waals surface area contributed by atoms with Gasteiger partial charge in [-0.1, -0.05) is 62.1 Å². The minimum absolute atomic E-state index is 0.254. The quantitative estimate of drug-likeness (QED) is 0.558. The van der Waals surface area contributed by atoms with Gasteiger partial charge in [0.25, 0.3) is 0 Å². The Labute approximate surface area is 110 Å². The van der Waals surface area contributed by atoms with Crippen molar-refractivity contribution in [1.29, 1.82) is 5.41 Å². The maximum Gasteiger partial charge on any atom is 0.0212 e. The van der Waals surface area contributed by atoms with E-state index in [0.29, 0.717) is 0 Å². The fourth-order valence-electron chi connectivity index (χ4n) is 1.80. The van der Waals surface area contributed by atoms with Crippen molar-refractivity contribution in [3.05, 3.63) is 71.8 Å². The van der Waals surface area contributed by atoms with Crippen LogP contribution in [0.5, 0.6) is 0 Å². The van der Waals surface area contributed by atoms with E-state index in [4.69, 9.17) is 5.41 Å². The van der Waals surface area contributed by atoms with Crippen LogP contribution in [0.2, 0.25) is 0 Å². The lowest BCUT2D eigenvalue weighted by atomic mass is 9.97. The fraction of sp³-hybridized carbons (Fsp3) is 0.235. The summed E-state index contributed by atoms with van der Waals surface area (Å²) >= 11 is 0. The standard InChI is InChI=1S/C17H21N/c1-4-5-8-15(3)17(13-18)12-11-16-10-7-6-9-14(16)2/h4-10,12-13,15,18H,1,11H2,2-3H3/b8-5-,17-12+,18-13?. The number of hydrogen-bond donors (Lipinski definition) is 1. The lowest BCUT2D eigenvalue weighted by molar-refractivity contribution is 0.900. The second-order valence-electron chi connectivity index (χ2n) is 4.39. The van der Waals surface area contributed by atoms with Crippen molar-refractivity contribution in [1.82, 2.24) is 0 Å². The third kappa shape index (κ3) is 4.17. The number of benzene rings is 1. The summed E-state index contributed by atoms with van der Waals surface area (Å²) in [6.07, 6.45) is 10.2. The molecule has 18 heavy (non-hydrogen) atoms. The Kier molecular flexibility index (Phi) is 5.86. The summed E-state index contributed by atoms with van der Waals surface area (Å²) in [5.41, 5.74) is 3.65. The zero-order valence-corrected chi connectivity index (χ0v) is 11.2. The molecular formula is C17H21N. The van der Waals surface area contributed by atoms with E-state index in [1.807, 2.05) is 6.08 Å². The summed E-state index contributed by atoms with van der Waals surface area (Å²) in [4.78, 5) is 0. The Hall–Kier alpha value is -1.89. The molecule has 0 bridgehead atoms. The number of hydrogen-bond acceptors (Lipinski definition) is 1. The molecule has 0 heterocycles. The summed E-state index contributed by atoms with van der Waals surface area (Å²) in [7, 11) is 0. The summed E-state index contributed by atoms with van der Waals surface area (Å²) < 4.78 is 0. The Morgan fingerprint density at radius 2 is 2.11 bits per heavy atom. The van der Waals surface area contributed by atoms with Crippen LogP contribution in [0, 0.1) is 18.3 Å². The Morgan fingerprint density at radius 1 is 1.39 bits per heavy atom. The van der Waals surface area contributed by atoms with Crippen LogP contribution in [0.3, 0.4) is 0 Å². The van der Waals surface area contributed by atoms with Crippen LogP contribution >= 0.6 is 0 Å². The molecule has 0 saturated heterocycles. The molecular weight excluding hydrogens is 218 g/mol. The molecule has 1 aromatic rings. The number of allylic oxidation sites excluding steroid dienone is 5. The van der Waals surface area contributed by atoms with Crippen LogP contribution in [-0.2, 0) is 6.42 Å². The van der Waals surface area contributed by atoms with E-state index in [9.17, 15) is 0 Å². The van der Waals surface area contributed by atoms with Gasteiger partial charge in [0, 0.05) is 12.1 Å². The van der Waals surface area contributed by atoms with Crippen molar-refractivity contribution < 1.29 is 0 Å². The van der Waals surface area contributed by atoms with E-state index in [-0.39, 0.29) is 5.92 Å². The molecule has 0 aliphatic rings. The first-order valence-electron chi connectivity index (χ1n) is 6.23. The minimum Gasteiger partial charge on any atom is -0.308 e. The highest BCUT2D eigenvalue weighted by Gasteiger charge is 2.02. The van der Waals surface area contributed by atoms with Crippen molar-refractivity contribution in [2.45, 2.75) is 20.3 Å². The molecule has 1 unspecified atom stereocenters. The topological polar surface area (TPSA) is 23.9 Å². The third-order valence-corrected chi connectivity index (χ3v) is 3.05. The first-order valence-corrected chi connectivity index (χ1v) is 6.23. The molecule has 0 saturated carbocycles. The molecule has 1 heteroatoms. The SMILES string of the molecule is C=C/C=C\C(C)/C(C=N)=C/Cc1ccccc1C. The molecule has 0 aromatic heterocycles. The van der Waals surface area contributed by atoms with Gasteiger partial charge in [-0.2, -0.15) is 0 Å². The van der Waals surface area contributed by atoms with Gasteiger partial charge in [0.05, 0.1) is 0 Å². The molecule has 0 aliphatic heterocycles. The van der Waals surface area contributed by atoms with Crippen LogP contribution in [0.25, 0.3) is 0 Å². The third-order valence-electron chi connectivity index (χ3n) is 3.05. The number of rotatable bonds is 6. The van der Waals surface area contributed by atoms with Gasteiger partial charge in [-0.05, 0) is 30.0 Å². The predicted octanol–water partition coefficient (Wildman–Crippen LogP) is 4.49. The van der Waals surface area contributed by atoms with Crippen LogP contribution in [0.4, 0.5) is 0 Å². The van der Waals surface area contributed by atoms with Crippen LogP contribution in [-0.4, -0.2) is 6.21 Å². The molecule has 1 atom stereocenters. The largest absolute Gasteiger partial charge is 0.308 e. The van der Waals surface area contributed by atoms with Crippen molar-refractivity contribution in [3.63, 3.8) is 0 Å². The highest BCUT2D eigenvalue weighted by Crippen LogP contribution is 2.14. The van der Waals surface area contributed by atoms with Gasteiger partial charge < -0.3 is 5.41 Å². The monoisotopic (exact) mass is 239 g/mol. The molecule has 1 aromatic carbocycles. The van der Waals surface area contributed by atoms with E-state index in [0.717, 1.165) is 12.0 Å². The molecule has 0 aliphatic carbocycles. The maximum absolute atomic E-state index is 7.49. The van der Waals surface area contributed by atoms with E-state index < -0.39 is 0 Å². The summed E-state index contributed by atoms with van der Waals surface area (Å²) in [5, 5.41) is 7.49. The number of nitrogens with one attached hydrogen (secondary N) is 1. The van der Waals surface area contributed by atoms with E-state index in [2.05, 4.69) is 56.8 Å². The summed E-state index contributed by atoms with van der Waals surface area (Å²) in [5.74, 6) is 0.254. The lowest BCUT2D eigenvalue weighted by Crippen LogP contribution is -1.98. The van der Waals surface area contributed by atoms with Gasteiger partial charge in [-0.25, -0.2) is 0 Å². The zero-order valence-electron chi connectivity index (χ0n) is 11.2. The zero-order chi connectivity index (χ0) is 13.4. The minimum atomic E-state index is 0.254. The molecule has 1 rings (SSSR count). The molecule has 0 spiro atoms. The smallest absolute Gasteiger partial charge is 0.0212 e. The van der Waals surface area contributed by atoms with Gasteiger partial charge in [0.1, 0.15) is 0 Å². The average molecular weight is 239 g/mol. The molecule has 94 valence electrons. The Balaban J connectivity index is 2.80. The molecule has 0 fully saturated rings. The second-order valence-corrected chi connectivity index (χ2v) is 4.39. The molecule has 1 N–H and O–H groups in total. The van der Waals surface area contributed by atoms with Crippen molar-refractivity contribution in [3.8, 4) is 0 Å². The normalized spacial score (nSPS) is 13.6. The fourth-order valence-corrected chi connectivity index (χ4v) is 1.80. The first kappa shape index (κ1) is 14.2. The Morgan fingerprint density at radius 3 is 2.72 bits per heavy atom. The van der Waals surface area contributed by atoms with Crippen molar-refractivity contribution in [2.24, 2.45) is 5.92 Å². The van der Waals surface area contributed by atoms with Gasteiger partial charge in [-0.3, -0.25) is 0 Å². The molecule has 1 nitrogen and oxygen atoms in total. The highest BCUT2D eigenvalue weighted by molar-refractivity contribution is 5.77. The highest BCUT2D eigenvalue weighted by atomic mass is 14.3. The van der Waals surface area contributed by atoms with Gasteiger partial charge in [-0.15, -0.1) is 0 Å². The molecule has 0 radical (unpaired) electrons. The van der Waals surface area contributed by atoms with E-state index in [1.54, 1.807) is 6.08 Å². The van der Waals surface area contributed by atoms with Crippen molar-refractivity contribution >= 4 is 6.21 Å². The predicted molar refractivity (Wildman–Crippen MR) is 80.3 cm³/mol. The maximum atomic E-state index is 7.49. The van der Waals surface area contributed by atoms with Gasteiger partial charge in [0.15, 0.2) is 0 Å². The summed E-state index contributed by atoms with van der Waals surface area (Å²) in [6.45, 7) is 7.87. The first-order chi connectivity index (χ1) is 8.69. The average Bonchev–Trinajstić information content (AvgIpc) is 2.39. The Bertz CT molecular complexity index is 466. The van der Waals surface area contributed by atoms with Gasteiger partial charge in [0.2, 0.25) is 0 Å². The van der Waals surface area contributed by atoms with Crippen LogP contribution < -0.4 is 0 Å². The van der Waals surface area contributed by atoms with E-state index >= 15 is 0 Å². The van der Waals surface area contributed by atoms with Gasteiger partial charge >= 0.3 is 0 Å². The van der Waals surface area contributed by atoms with Crippen LogP contribution in [0.1, 0.15) is 18.1 Å². The van der Waals surface area contributed by atoms with Crippen LogP contribution in [0.15, 0.2) is 60.7 Å². The number of aryl methyl sites for hydroxylation is 1. The molecule has 0 amide bonds. The lowest BCUT2D eigenvalue weighted by Gasteiger charge is -2.08. The second kappa shape index (κ2) is 7.44. The van der Waals surface area contributed by atoms with Crippen molar-refractivity contribution in [2.75, 3.05) is 0 Å². The van der Waals surface area contributed by atoms with E-state index in [1.165, 1.54) is 17.3 Å².